The minimum absolute atomic E-state index is 0.0811. The van der Waals surface area contributed by atoms with E-state index in [4.69, 9.17) is 0 Å². The molecule has 0 aliphatic carbocycles. The third-order valence-corrected chi connectivity index (χ3v) is 8.10. The Balaban J connectivity index is 1.84. The van der Waals surface area contributed by atoms with Gasteiger partial charge in [-0.1, -0.05) is 57.0 Å². The molecule has 2 aliphatic rings. The molecule has 2 aliphatic heterocycles. The quantitative estimate of drug-likeness (QED) is 0.323. The van der Waals surface area contributed by atoms with Crippen LogP contribution in [0.15, 0.2) is 30.3 Å². The first kappa shape index (κ1) is 31.3. The van der Waals surface area contributed by atoms with Crippen LogP contribution in [0.25, 0.3) is 0 Å². The summed E-state index contributed by atoms with van der Waals surface area (Å²) in [5.41, 5.74) is -0.422. The highest BCUT2D eigenvalue weighted by Crippen LogP contribution is 2.26. The van der Waals surface area contributed by atoms with Crippen LogP contribution in [0, 0.1) is 5.92 Å². The Hall–Kier alpha value is -3.27. The maximum atomic E-state index is 13.9. The number of carbonyl (C=O) groups excluding carboxylic acids is 5. The monoisotopic (exact) mass is 556 g/mol. The summed E-state index contributed by atoms with van der Waals surface area (Å²) in [5, 5.41) is 18.0. The van der Waals surface area contributed by atoms with Crippen LogP contribution in [0.2, 0.25) is 0 Å². The minimum atomic E-state index is -1.30. The van der Waals surface area contributed by atoms with Crippen LogP contribution in [-0.4, -0.2) is 75.7 Å². The number of nitrogens with one attached hydrogen (secondary N) is 3. The summed E-state index contributed by atoms with van der Waals surface area (Å²) in [6, 6.07) is 6.86. The molecule has 1 aromatic rings. The number of unbranched alkanes of at least 4 members (excludes halogenated alkanes) is 2. The van der Waals surface area contributed by atoms with Crippen molar-refractivity contribution in [2.24, 2.45) is 5.92 Å². The first-order valence-electron chi connectivity index (χ1n) is 14.4. The predicted octanol–water partition coefficient (Wildman–Crippen LogP) is 1.63. The summed E-state index contributed by atoms with van der Waals surface area (Å²) in [5.74, 6) is -1.76. The number of carbonyl (C=O) groups is 5. The highest BCUT2D eigenvalue weighted by Gasteiger charge is 2.44. The zero-order valence-electron chi connectivity index (χ0n) is 24.1. The van der Waals surface area contributed by atoms with E-state index in [2.05, 4.69) is 16.0 Å². The van der Waals surface area contributed by atoms with E-state index in [1.807, 2.05) is 37.3 Å². The largest absolute Gasteiger partial charge is 0.386 e. The number of aliphatic hydroxyl groups excluding tert-OH is 1. The van der Waals surface area contributed by atoms with E-state index in [0.717, 1.165) is 5.56 Å². The van der Waals surface area contributed by atoms with Crippen molar-refractivity contribution in [3.8, 4) is 0 Å². The lowest BCUT2D eigenvalue weighted by Crippen LogP contribution is -2.65. The molecule has 10 nitrogen and oxygen atoms in total. The van der Waals surface area contributed by atoms with Crippen LogP contribution in [0.3, 0.4) is 0 Å². The van der Waals surface area contributed by atoms with Crippen molar-refractivity contribution in [1.29, 1.82) is 0 Å². The second-order valence-electron chi connectivity index (χ2n) is 11.5. The Labute approximate surface area is 236 Å². The highest BCUT2D eigenvalue weighted by atomic mass is 16.3. The van der Waals surface area contributed by atoms with Crippen molar-refractivity contribution in [3.63, 3.8) is 0 Å². The maximum Gasteiger partial charge on any atom is 0.246 e. The Bertz CT molecular complexity index is 1080. The van der Waals surface area contributed by atoms with E-state index < -0.39 is 41.6 Å². The van der Waals surface area contributed by atoms with E-state index in [1.54, 1.807) is 18.7 Å². The fraction of sp³-hybridized carbons (Fsp3) is 0.633. The number of hydrogen-bond donors (Lipinski definition) is 4. The summed E-state index contributed by atoms with van der Waals surface area (Å²) in [7, 11) is 0. The van der Waals surface area contributed by atoms with E-state index in [9.17, 15) is 29.1 Å². The number of amides is 4. The van der Waals surface area contributed by atoms with Gasteiger partial charge in [-0.2, -0.15) is 0 Å². The average molecular weight is 557 g/mol. The fourth-order valence-corrected chi connectivity index (χ4v) is 5.34. The van der Waals surface area contributed by atoms with Gasteiger partial charge >= 0.3 is 0 Å². The number of ketones is 1. The second kappa shape index (κ2) is 13.9. The van der Waals surface area contributed by atoms with Crippen molar-refractivity contribution in [2.75, 3.05) is 6.54 Å². The van der Waals surface area contributed by atoms with E-state index >= 15 is 0 Å². The van der Waals surface area contributed by atoms with Crippen LogP contribution < -0.4 is 16.0 Å². The molecule has 10 heteroatoms. The van der Waals surface area contributed by atoms with Crippen LogP contribution in [0.5, 0.6) is 0 Å². The standard InChI is InChI=1S/C30H44N4O6/c1-5-30(4)29(40)32-23(17-21-12-8-6-9-13-21)28(39)34-18-19(2)16-24(34)27(38)31-22(26(37)33-30)14-10-7-11-15-25(36)20(3)35/h6,8-9,12-13,19-20,22-24,35H,5,7,10-11,14-18H2,1-4H3,(H,31,38)(H,32,40)(H,33,37)/t19-,20+,22-,23-,24-,30-/m0/s1. The summed E-state index contributed by atoms with van der Waals surface area (Å²) < 4.78 is 0. The molecule has 2 saturated heterocycles. The SMILES string of the molecule is CC[C@]1(C)NC(=O)[C@H](CCCCCC(=O)[C@@H](C)O)NC(=O)[C@@H]2C[C@H](C)CN2C(=O)[C@H](Cc2ccccc2)NC1=O. The van der Waals surface area contributed by atoms with E-state index in [-0.39, 0.29) is 42.8 Å². The molecular weight excluding hydrogens is 512 g/mol. The lowest BCUT2D eigenvalue weighted by atomic mass is 9.94. The van der Waals surface area contributed by atoms with Crippen LogP contribution in [-0.2, 0) is 30.4 Å². The van der Waals surface area contributed by atoms with Crippen molar-refractivity contribution in [1.82, 2.24) is 20.9 Å². The Morgan fingerprint density at radius 2 is 1.75 bits per heavy atom. The molecule has 0 unspecified atom stereocenters. The first-order chi connectivity index (χ1) is 18.9. The maximum absolute atomic E-state index is 13.9. The van der Waals surface area contributed by atoms with Crippen molar-refractivity contribution >= 4 is 29.4 Å². The molecule has 4 amide bonds. The first-order valence-corrected chi connectivity index (χ1v) is 14.4. The molecule has 0 spiro atoms. The molecule has 3 rings (SSSR count). The van der Waals surface area contributed by atoms with Crippen LogP contribution >= 0.6 is 0 Å². The highest BCUT2D eigenvalue weighted by molar-refractivity contribution is 5.99. The number of fused-ring (bicyclic) bond motifs is 1. The summed E-state index contributed by atoms with van der Waals surface area (Å²) >= 11 is 0. The van der Waals surface area contributed by atoms with Gasteiger partial charge in [-0.05, 0) is 51.0 Å². The Morgan fingerprint density at radius 3 is 2.40 bits per heavy atom. The lowest BCUT2D eigenvalue weighted by molar-refractivity contribution is -0.144. The normalized spacial score (nSPS) is 28.5. The third kappa shape index (κ3) is 7.90. The molecule has 6 atom stereocenters. The van der Waals surface area contributed by atoms with Gasteiger partial charge in [-0.25, -0.2) is 0 Å². The number of nitrogens with zero attached hydrogens (tertiary/aromatic N) is 1. The number of benzene rings is 1. The van der Waals surface area contributed by atoms with Crippen molar-refractivity contribution in [3.05, 3.63) is 35.9 Å². The van der Waals surface area contributed by atoms with E-state index in [1.165, 1.54) is 6.92 Å². The Kier molecular flexibility index (Phi) is 10.8. The van der Waals surface area contributed by atoms with Gasteiger partial charge in [-0.3, -0.25) is 24.0 Å². The molecule has 2 fully saturated rings. The number of Topliss-reactive ketones (excluding diaryl/α,β-unsaturated/α-hetero) is 1. The molecule has 40 heavy (non-hydrogen) atoms. The van der Waals surface area contributed by atoms with Gasteiger partial charge in [-0.15, -0.1) is 0 Å². The third-order valence-electron chi connectivity index (χ3n) is 8.10. The van der Waals surface area contributed by atoms with Gasteiger partial charge in [0, 0.05) is 19.4 Å². The van der Waals surface area contributed by atoms with Crippen LogP contribution in [0.4, 0.5) is 0 Å². The molecule has 1 aromatic carbocycles. The molecule has 0 bridgehead atoms. The van der Waals surface area contributed by atoms with Gasteiger partial charge in [0.15, 0.2) is 5.78 Å². The van der Waals surface area contributed by atoms with Gasteiger partial charge in [0.1, 0.15) is 29.8 Å². The number of aliphatic hydroxyl groups is 1. The molecule has 0 aromatic heterocycles. The molecule has 0 saturated carbocycles. The zero-order chi connectivity index (χ0) is 29.4. The molecule has 0 radical (unpaired) electrons. The minimum Gasteiger partial charge on any atom is -0.386 e. The second-order valence-corrected chi connectivity index (χ2v) is 11.5. The summed E-state index contributed by atoms with van der Waals surface area (Å²) in [6.07, 6.45) is 2.32. The molecule has 2 heterocycles. The van der Waals surface area contributed by atoms with Gasteiger partial charge in [0.2, 0.25) is 23.6 Å². The molecular formula is C30H44N4O6. The Morgan fingerprint density at radius 1 is 1.05 bits per heavy atom. The molecule has 220 valence electrons. The number of rotatable bonds is 10. The lowest BCUT2D eigenvalue weighted by Gasteiger charge is -2.36. The predicted molar refractivity (Wildman–Crippen MR) is 150 cm³/mol. The van der Waals surface area contributed by atoms with Crippen LogP contribution in [0.1, 0.15) is 78.2 Å². The van der Waals surface area contributed by atoms with Gasteiger partial charge in [0.05, 0.1) is 0 Å². The average Bonchev–Trinajstić information content (AvgIpc) is 3.32. The summed E-state index contributed by atoms with van der Waals surface area (Å²) in [6.45, 7) is 7.21. The smallest absolute Gasteiger partial charge is 0.246 e. The molecule has 4 N–H and O–H groups in total. The zero-order valence-corrected chi connectivity index (χ0v) is 24.1. The fourth-order valence-electron chi connectivity index (χ4n) is 5.34. The van der Waals surface area contributed by atoms with Crippen molar-refractivity contribution < 1.29 is 29.1 Å². The summed E-state index contributed by atoms with van der Waals surface area (Å²) in [4.78, 5) is 67.7. The topological polar surface area (TPSA) is 145 Å². The van der Waals surface area contributed by atoms with E-state index in [0.29, 0.717) is 38.6 Å². The van der Waals surface area contributed by atoms with Gasteiger partial charge in [0.25, 0.3) is 0 Å². The van der Waals surface area contributed by atoms with Crippen molar-refractivity contribution in [2.45, 2.75) is 109 Å². The van der Waals surface area contributed by atoms with Gasteiger partial charge < -0.3 is 26.0 Å². The number of hydrogen-bond acceptors (Lipinski definition) is 6.